The zero-order valence-electron chi connectivity index (χ0n) is 14.3. The van der Waals surface area contributed by atoms with Crippen LogP contribution in [0.4, 0.5) is 5.13 Å². The maximum Gasteiger partial charge on any atom is 0.230 e. The lowest BCUT2D eigenvalue weighted by Crippen LogP contribution is -2.14. The van der Waals surface area contributed by atoms with Crippen molar-refractivity contribution in [1.29, 1.82) is 0 Å². The molecule has 0 aliphatic carbocycles. The highest BCUT2D eigenvalue weighted by Crippen LogP contribution is 2.34. The number of anilines is 1. The van der Waals surface area contributed by atoms with Gasteiger partial charge < -0.3 is 10.1 Å². The number of aromatic nitrogens is 1. The Morgan fingerprint density at radius 3 is 2.67 bits per heavy atom. The summed E-state index contributed by atoms with van der Waals surface area (Å²) in [6.45, 7) is 6.11. The van der Waals surface area contributed by atoms with Crippen molar-refractivity contribution >= 4 is 32.6 Å². The van der Waals surface area contributed by atoms with Crippen LogP contribution in [0.1, 0.15) is 22.3 Å². The summed E-state index contributed by atoms with van der Waals surface area (Å²) in [6.07, 6.45) is 0.345. The topological polar surface area (TPSA) is 51.2 Å². The molecule has 3 aromatic rings. The molecule has 2 aromatic carbocycles. The van der Waals surface area contributed by atoms with Gasteiger partial charge in [-0.3, -0.25) is 4.79 Å². The average Bonchev–Trinajstić information content (AvgIpc) is 2.95. The number of hydrogen-bond acceptors (Lipinski definition) is 4. The van der Waals surface area contributed by atoms with E-state index in [9.17, 15) is 4.79 Å². The maximum absolute atomic E-state index is 12.4. The molecule has 0 atom stereocenters. The summed E-state index contributed by atoms with van der Waals surface area (Å²) < 4.78 is 6.39. The molecule has 4 nitrogen and oxygen atoms in total. The summed E-state index contributed by atoms with van der Waals surface area (Å²) in [5.41, 5.74) is 5.29. The number of amides is 1. The number of carbonyl (C=O) groups is 1. The first-order valence-corrected chi connectivity index (χ1v) is 8.59. The van der Waals surface area contributed by atoms with E-state index in [2.05, 4.69) is 16.4 Å². The number of benzene rings is 2. The molecule has 124 valence electrons. The SMILES string of the molecule is COc1ccc(C)c2sc(NC(=O)Cc3ccc(C)cc3C)nc12. The van der Waals surface area contributed by atoms with E-state index in [4.69, 9.17) is 4.74 Å². The first kappa shape index (κ1) is 16.5. The normalized spacial score (nSPS) is 10.8. The van der Waals surface area contributed by atoms with Crippen molar-refractivity contribution < 1.29 is 9.53 Å². The predicted octanol–water partition coefficient (Wildman–Crippen LogP) is 4.41. The van der Waals surface area contributed by atoms with Crippen LogP contribution < -0.4 is 10.1 Å². The molecule has 3 rings (SSSR count). The van der Waals surface area contributed by atoms with Gasteiger partial charge >= 0.3 is 0 Å². The fraction of sp³-hybridized carbons (Fsp3) is 0.263. The van der Waals surface area contributed by atoms with Crippen LogP contribution in [0.3, 0.4) is 0 Å². The fourth-order valence-electron chi connectivity index (χ4n) is 2.71. The third-order valence-corrected chi connectivity index (χ3v) is 5.12. The number of hydrogen-bond donors (Lipinski definition) is 1. The van der Waals surface area contributed by atoms with Gasteiger partial charge in [-0.25, -0.2) is 4.98 Å². The second-order valence-electron chi connectivity index (χ2n) is 5.94. The van der Waals surface area contributed by atoms with Gasteiger partial charge in [0.2, 0.25) is 5.91 Å². The van der Waals surface area contributed by atoms with Gasteiger partial charge in [-0.1, -0.05) is 41.2 Å². The molecule has 0 bridgehead atoms. The molecule has 0 spiro atoms. The Kier molecular flexibility index (Phi) is 4.53. The summed E-state index contributed by atoms with van der Waals surface area (Å²) in [5, 5.41) is 3.52. The fourth-order valence-corrected chi connectivity index (χ4v) is 3.68. The zero-order valence-corrected chi connectivity index (χ0v) is 15.1. The van der Waals surface area contributed by atoms with Crippen LogP contribution in [0.15, 0.2) is 30.3 Å². The summed E-state index contributed by atoms with van der Waals surface area (Å²) in [6, 6.07) is 10.0. The number of aryl methyl sites for hydroxylation is 3. The molecule has 5 heteroatoms. The van der Waals surface area contributed by atoms with Crippen LogP contribution in [0, 0.1) is 20.8 Å². The molecule has 1 N–H and O–H groups in total. The lowest BCUT2D eigenvalue weighted by atomic mass is 10.0. The van der Waals surface area contributed by atoms with E-state index in [0.29, 0.717) is 11.6 Å². The van der Waals surface area contributed by atoms with E-state index in [0.717, 1.165) is 32.7 Å². The lowest BCUT2D eigenvalue weighted by Gasteiger charge is -2.06. The summed E-state index contributed by atoms with van der Waals surface area (Å²) in [7, 11) is 1.63. The highest BCUT2D eigenvalue weighted by molar-refractivity contribution is 7.22. The lowest BCUT2D eigenvalue weighted by molar-refractivity contribution is -0.115. The molecule has 0 unspecified atom stereocenters. The van der Waals surface area contributed by atoms with Crippen molar-refractivity contribution in [2.24, 2.45) is 0 Å². The second-order valence-corrected chi connectivity index (χ2v) is 6.94. The van der Waals surface area contributed by atoms with Gasteiger partial charge in [0.1, 0.15) is 11.3 Å². The number of ether oxygens (including phenoxy) is 1. The van der Waals surface area contributed by atoms with Gasteiger partial charge in [0.05, 0.1) is 18.2 Å². The Morgan fingerprint density at radius 2 is 1.96 bits per heavy atom. The monoisotopic (exact) mass is 340 g/mol. The maximum atomic E-state index is 12.4. The highest BCUT2D eigenvalue weighted by atomic mass is 32.1. The molecule has 24 heavy (non-hydrogen) atoms. The quantitative estimate of drug-likeness (QED) is 0.765. The number of rotatable bonds is 4. The predicted molar refractivity (Wildman–Crippen MR) is 99.2 cm³/mol. The Hall–Kier alpha value is -2.40. The van der Waals surface area contributed by atoms with E-state index in [1.54, 1.807) is 7.11 Å². The Labute approximate surface area is 145 Å². The Balaban J connectivity index is 1.82. The van der Waals surface area contributed by atoms with Gasteiger partial charge in [-0.15, -0.1) is 0 Å². The summed E-state index contributed by atoms with van der Waals surface area (Å²) in [4.78, 5) is 16.9. The largest absolute Gasteiger partial charge is 0.494 e. The van der Waals surface area contributed by atoms with Gasteiger partial charge in [0.15, 0.2) is 5.13 Å². The van der Waals surface area contributed by atoms with Crippen molar-refractivity contribution in [2.45, 2.75) is 27.2 Å². The zero-order chi connectivity index (χ0) is 17.3. The van der Waals surface area contributed by atoms with Crippen LogP contribution in [-0.2, 0) is 11.2 Å². The van der Waals surface area contributed by atoms with Gasteiger partial charge in [0, 0.05) is 0 Å². The molecule has 0 aliphatic rings. The minimum absolute atomic E-state index is 0.0578. The number of nitrogens with one attached hydrogen (secondary N) is 1. The van der Waals surface area contributed by atoms with Crippen LogP contribution in [-0.4, -0.2) is 18.0 Å². The van der Waals surface area contributed by atoms with Crippen molar-refractivity contribution in [2.75, 3.05) is 12.4 Å². The van der Waals surface area contributed by atoms with E-state index >= 15 is 0 Å². The van der Waals surface area contributed by atoms with Crippen LogP contribution in [0.5, 0.6) is 5.75 Å². The third-order valence-electron chi connectivity index (χ3n) is 4.02. The van der Waals surface area contributed by atoms with E-state index in [1.165, 1.54) is 16.9 Å². The number of nitrogens with zero attached hydrogens (tertiary/aromatic N) is 1. The molecular weight excluding hydrogens is 320 g/mol. The molecule has 1 aromatic heterocycles. The number of fused-ring (bicyclic) bond motifs is 1. The smallest absolute Gasteiger partial charge is 0.230 e. The first-order valence-electron chi connectivity index (χ1n) is 7.78. The second kappa shape index (κ2) is 6.61. The summed E-state index contributed by atoms with van der Waals surface area (Å²) >= 11 is 1.48. The van der Waals surface area contributed by atoms with E-state index < -0.39 is 0 Å². The number of thiazole rings is 1. The molecule has 1 amide bonds. The molecule has 0 aliphatic heterocycles. The Bertz CT molecular complexity index is 915. The number of methoxy groups -OCH3 is 1. The van der Waals surface area contributed by atoms with Gasteiger partial charge in [-0.05, 0) is 43.5 Å². The van der Waals surface area contributed by atoms with Crippen molar-refractivity contribution in [3.05, 3.63) is 52.6 Å². The van der Waals surface area contributed by atoms with Crippen LogP contribution in [0.2, 0.25) is 0 Å². The minimum Gasteiger partial charge on any atom is -0.494 e. The summed E-state index contributed by atoms with van der Waals surface area (Å²) in [5.74, 6) is 0.666. The first-order chi connectivity index (χ1) is 11.5. The van der Waals surface area contributed by atoms with Crippen LogP contribution >= 0.6 is 11.3 Å². The van der Waals surface area contributed by atoms with Gasteiger partial charge in [0.25, 0.3) is 0 Å². The highest BCUT2D eigenvalue weighted by Gasteiger charge is 2.13. The standard InChI is InChI=1S/C19H20N2O2S/c1-11-5-7-14(13(3)9-11)10-16(22)20-19-21-17-15(23-4)8-6-12(2)18(17)24-19/h5-9H,10H2,1-4H3,(H,20,21,22). The molecule has 0 radical (unpaired) electrons. The molecule has 0 saturated heterocycles. The van der Waals surface area contributed by atoms with Crippen molar-refractivity contribution in [1.82, 2.24) is 4.98 Å². The van der Waals surface area contributed by atoms with Crippen molar-refractivity contribution in [3.8, 4) is 5.75 Å². The molecule has 1 heterocycles. The average molecular weight is 340 g/mol. The Morgan fingerprint density at radius 1 is 1.17 bits per heavy atom. The minimum atomic E-state index is -0.0578. The molecule has 0 fully saturated rings. The third kappa shape index (κ3) is 3.26. The van der Waals surface area contributed by atoms with E-state index in [1.807, 2.05) is 45.0 Å². The van der Waals surface area contributed by atoms with Crippen molar-refractivity contribution in [3.63, 3.8) is 0 Å². The van der Waals surface area contributed by atoms with Gasteiger partial charge in [-0.2, -0.15) is 0 Å². The molecular formula is C19H20N2O2S. The van der Waals surface area contributed by atoms with E-state index in [-0.39, 0.29) is 5.91 Å². The number of carbonyl (C=O) groups excluding carboxylic acids is 1. The van der Waals surface area contributed by atoms with Crippen LogP contribution in [0.25, 0.3) is 10.2 Å². The molecule has 0 saturated carbocycles.